The smallest absolute Gasteiger partial charge is 0.390 e. The van der Waals surface area contributed by atoms with Crippen LogP contribution in [0.2, 0.25) is 5.02 Å². The van der Waals surface area contributed by atoms with Gasteiger partial charge in [0.15, 0.2) is 11.5 Å². The fourth-order valence-electron chi connectivity index (χ4n) is 3.61. The molecule has 1 aliphatic rings. The molecule has 0 unspecified atom stereocenters. The van der Waals surface area contributed by atoms with Gasteiger partial charge in [0.25, 0.3) is 0 Å². The summed E-state index contributed by atoms with van der Waals surface area (Å²) >= 11 is 6.11. The second-order valence-corrected chi connectivity index (χ2v) is 8.82. The topological polar surface area (TPSA) is 82.7 Å². The van der Waals surface area contributed by atoms with Crippen LogP contribution in [0.15, 0.2) is 41.4 Å². The lowest BCUT2D eigenvalue weighted by Crippen LogP contribution is -2.35. The molecule has 3 aromatic rings. The molecule has 160 valence electrons. The number of aliphatic hydroxyl groups excluding tert-OH is 2. The molecule has 0 bridgehead atoms. The Morgan fingerprint density at radius 1 is 1.23 bits per heavy atom. The summed E-state index contributed by atoms with van der Waals surface area (Å²) in [4.78, 5) is 4.28. The van der Waals surface area contributed by atoms with Crippen molar-refractivity contribution in [2.45, 2.75) is 42.0 Å². The first-order valence-electron chi connectivity index (χ1n) is 9.15. The zero-order valence-corrected chi connectivity index (χ0v) is 17.2. The molecule has 4 atom stereocenters. The van der Waals surface area contributed by atoms with Crippen molar-refractivity contribution in [3.8, 4) is 11.3 Å². The Hall–Kier alpha value is -2.01. The standard InChI is InChI=1S/C19H18ClF3N4O2S/c1-9-5-14(17(29)16(9)28)25-18-12(20)8-24-15-7-13(26-27(15)18)10-3-2-4-11(6-10)30-19(21,22)23/h2-4,6-9,14,16-17,25,28-29H,5H2,1H3/t9-,14-,16-,17+/m1/s1. The number of halogens is 4. The molecule has 4 rings (SSSR count). The SMILES string of the molecule is C[C@@H]1C[C@@H](Nc2c(Cl)cnc3cc(-c4cccc(SC(F)(F)F)c4)nn23)[C@H](O)[C@@H]1O. The minimum atomic E-state index is -4.38. The molecule has 6 nitrogen and oxygen atoms in total. The Morgan fingerprint density at radius 2 is 2.00 bits per heavy atom. The van der Waals surface area contributed by atoms with Crippen molar-refractivity contribution < 1.29 is 23.4 Å². The lowest BCUT2D eigenvalue weighted by molar-refractivity contribution is -0.0328. The Morgan fingerprint density at radius 3 is 2.67 bits per heavy atom. The Balaban J connectivity index is 1.69. The zero-order chi connectivity index (χ0) is 21.6. The molecule has 0 amide bonds. The van der Waals surface area contributed by atoms with Gasteiger partial charge in [-0.25, -0.2) is 4.98 Å². The molecule has 0 aliphatic heterocycles. The number of fused-ring (bicyclic) bond motifs is 1. The molecule has 0 saturated heterocycles. The number of thioether (sulfide) groups is 1. The molecular formula is C19H18ClF3N4O2S. The van der Waals surface area contributed by atoms with Crippen molar-refractivity contribution in [1.82, 2.24) is 14.6 Å². The minimum absolute atomic E-state index is 0.0541. The molecule has 3 N–H and O–H groups in total. The number of hydrogen-bond donors (Lipinski definition) is 3. The zero-order valence-electron chi connectivity index (χ0n) is 15.6. The maximum atomic E-state index is 12.7. The molecule has 1 aromatic carbocycles. The van der Waals surface area contributed by atoms with Crippen LogP contribution in [0.1, 0.15) is 13.3 Å². The third-order valence-corrected chi connectivity index (χ3v) is 6.09. The van der Waals surface area contributed by atoms with E-state index in [0.717, 1.165) is 0 Å². The first-order chi connectivity index (χ1) is 14.1. The fourth-order valence-corrected chi connectivity index (χ4v) is 4.39. The van der Waals surface area contributed by atoms with Crippen LogP contribution >= 0.6 is 23.4 Å². The van der Waals surface area contributed by atoms with Crippen LogP contribution in [0.5, 0.6) is 0 Å². The molecule has 0 radical (unpaired) electrons. The predicted molar refractivity (Wildman–Crippen MR) is 109 cm³/mol. The van der Waals surface area contributed by atoms with E-state index in [2.05, 4.69) is 15.4 Å². The average molecular weight is 459 g/mol. The van der Waals surface area contributed by atoms with E-state index in [-0.39, 0.29) is 27.6 Å². The van der Waals surface area contributed by atoms with Crippen molar-refractivity contribution in [3.63, 3.8) is 0 Å². The molecule has 1 saturated carbocycles. The van der Waals surface area contributed by atoms with Crippen molar-refractivity contribution in [2.24, 2.45) is 5.92 Å². The number of benzene rings is 1. The quantitative estimate of drug-likeness (QED) is 0.508. The van der Waals surface area contributed by atoms with E-state index >= 15 is 0 Å². The maximum absolute atomic E-state index is 12.7. The van der Waals surface area contributed by atoms with E-state index in [9.17, 15) is 23.4 Å². The Labute approximate surface area is 179 Å². The lowest BCUT2D eigenvalue weighted by Gasteiger charge is -2.20. The molecule has 2 aromatic heterocycles. The van der Waals surface area contributed by atoms with E-state index in [1.807, 2.05) is 6.92 Å². The molecule has 1 aliphatic carbocycles. The van der Waals surface area contributed by atoms with Gasteiger partial charge < -0.3 is 15.5 Å². The number of rotatable bonds is 4. The summed E-state index contributed by atoms with van der Waals surface area (Å²) in [6.45, 7) is 1.84. The van der Waals surface area contributed by atoms with Gasteiger partial charge >= 0.3 is 5.51 Å². The summed E-state index contributed by atoms with van der Waals surface area (Å²) < 4.78 is 39.5. The number of anilines is 1. The van der Waals surface area contributed by atoms with Crippen molar-refractivity contribution in [1.29, 1.82) is 0 Å². The van der Waals surface area contributed by atoms with Gasteiger partial charge in [-0.1, -0.05) is 30.7 Å². The van der Waals surface area contributed by atoms with Crippen LogP contribution in [0.4, 0.5) is 19.0 Å². The van der Waals surface area contributed by atoms with Gasteiger partial charge in [0.05, 0.1) is 24.0 Å². The first kappa shape index (κ1) is 21.2. The Bertz CT molecular complexity index is 1080. The van der Waals surface area contributed by atoms with Crippen molar-refractivity contribution >= 4 is 34.8 Å². The van der Waals surface area contributed by atoms with Crippen molar-refractivity contribution in [2.75, 3.05) is 5.32 Å². The van der Waals surface area contributed by atoms with E-state index < -0.39 is 23.8 Å². The number of nitrogens with one attached hydrogen (secondary N) is 1. The van der Waals surface area contributed by atoms with Gasteiger partial charge in [-0.2, -0.15) is 22.8 Å². The van der Waals surface area contributed by atoms with E-state index in [1.54, 1.807) is 12.1 Å². The first-order valence-corrected chi connectivity index (χ1v) is 10.3. The van der Waals surface area contributed by atoms with E-state index in [1.165, 1.54) is 28.9 Å². The van der Waals surface area contributed by atoms with Crippen LogP contribution < -0.4 is 5.32 Å². The predicted octanol–water partition coefficient (Wildman–Crippen LogP) is 4.20. The third-order valence-electron chi connectivity index (χ3n) is 5.10. The monoisotopic (exact) mass is 458 g/mol. The van der Waals surface area contributed by atoms with E-state index in [0.29, 0.717) is 29.1 Å². The molecule has 0 spiro atoms. The van der Waals surface area contributed by atoms with Crippen LogP contribution in [-0.4, -0.2) is 48.6 Å². The lowest BCUT2D eigenvalue weighted by atomic mass is 10.1. The van der Waals surface area contributed by atoms with Gasteiger partial charge in [-0.05, 0) is 36.2 Å². The number of aromatic nitrogens is 3. The molecule has 11 heteroatoms. The number of hydrogen-bond acceptors (Lipinski definition) is 6. The fraction of sp³-hybridized carbons (Fsp3) is 0.368. The average Bonchev–Trinajstić information content (AvgIpc) is 3.20. The van der Waals surface area contributed by atoms with Gasteiger partial charge in [-0.3, -0.25) is 0 Å². The minimum Gasteiger partial charge on any atom is -0.390 e. The summed E-state index contributed by atoms with van der Waals surface area (Å²) in [6.07, 6.45) is 0.154. The summed E-state index contributed by atoms with van der Waals surface area (Å²) in [5, 5.41) is 28.1. The van der Waals surface area contributed by atoms with Gasteiger partial charge in [0.1, 0.15) is 11.1 Å². The summed E-state index contributed by atoms with van der Waals surface area (Å²) in [5.74, 6) is 0.301. The highest BCUT2D eigenvalue weighted by molar-refractivity contribution is 8.00. The van der Waals surface area contributed by atoms with Crippen LogP contribution in [0, 0.1) is 5.92 Å². The molecule has 1 fully saturated rings. The van der Waals surface area contributed by atoms with E-state index in [4.69, 9.17) is 11.6 Å². The van der Waals surface area contributed by atoms with Crippen LogP contribution in [-0.2, 0) is 0 Å². The molecule has 30 heavy (non-hydrogen) atoms. The molecule has 2 heterocycles. The number of aliphatic hydroxyl groups is 2. The van der Waals surface area contributed by atoms with Gasteiger partial charge in [0, 0.05) is 16.5 Å². The molecular weight excluding hydrogens is 441 g/mol. The second kappa shape index (κ2) is 7.92. The second-order valence-electron chi connectivity index (χ2n) is 7.27. The van der Waals surface area contributed by atoms with Crippen LogP contribution in [0.25, 0.3) is 16.9 Å². The van der Waals surface area contributed by atoms with Crippen LogP contribution in [0.3, 0.4) is 0 Å². The number of alkyl halides is 3. The third kappa shape index (κ3) is 4.22. The highest BCUT2D eigenvalue weighted by Crippen LogP contribution is 2.38. The Kier molecular flexibility index (Phi) is 5.60. The maximum Gasteiger partial charge on any atom is 0.446 e. The number of nitrogens with zero attached hydrogens (tertiary/aromatic N) is 3. The van der Waals surface area contributed by atoms with Crippen molar-refractivity contribution in [3.05, 3.63) is 41.6 Å². The summed E-state index contributed by atoms with van der Waals surface area (Å²) in [6, 6.07) is 7.19. The largest absolute Gasteiger partial charge is 0.446 e. The van der Waals surface area contributed by atoms with Gasteiger partial charge in [-0.15, -0.1) is 0 Å². The van der Waals surface area contributed by atoms with Gasteiger partial charge in [0.2, 0.25) is 0 Å². The summed E-state index contributed by atoms with van der Waals surface area (Å²) in [5.41, 5.74) is -3.01. The highest BCUT2D eigenvalue weighted by Gasteiger charge is 2.39. The highest BCUT2D eigenvalue weighted by atomic mass is 35.5. The normalized spacial score (nSPS) is 24.5. The summed E-state index contributed by atoms with van der Waals surface area (Å²) in [7, 11) is 0.